The number of carbonyl (C=O) groups is 1. The van der Waals surface area contributed by atoms with Crippen LogP contribution in [-0.2, 0) is 6.42 Å². The molecule has 150 valence electrons. The molecule has 0 fully saturated rings. The fraction of sp³-hybridized carbons (Fsp3) is 0.250. The summed E-state index contributed by atoms with van der Waals surface area (Å²) in [5.41, 5.74) is 9.80. The molecule has 0 radical (unpaired) electrons. The first kappa shape index (κ1) is 20.4. The number of anilines is 1. The quantitative estimate of drug-likeness (QED) is 0.500. The van der Waals surface area contributed by atoms with Gasteiger partial charge in [-0.15, -0.1) is 0 Å². The van der Waals surface area contributed by atoms with Crippen LogP contribution in [0.5, 0.6) is 0 Å². The molecule has 1 heterocycles. The van der Waals surface area contributed by atoms with Gasteiger partial charge >= 0.3 is 0 Å². The Morgan fingerprint density at radius 3 is 2.48 bits per heavy atom. The van der Waals surface area contributed by atoms with Crippen LogP contribution in [0, 0.1) is 13.8 Å². The fourth-order valence-corrected chi connectivity index (χ4v) is 3.35. The fourth-order valence-electron chi connectivity index (χ4n) is 3.35. The number of nitrogens with zero attached hydrogens (tertiary/aromatic N) is 3. The van der Waals surface area contributed by atoms with E-state index in [9.17, 15) is 4.79 Å². The molecule has 5 nitrogen and oxygen atoms in total. The van der Waals surface area contributed by atoms with Crippen LogP contribution in [0.15, 0.2) is 59.7 Å². The smallest absolute Gasteiger partial charge is 0.271 e. The minimum absolute atomic E-state index is 0.228. The van der Waals surface area contributed by atoms with Gasteiger partial charge in [0.2, 0.25) is 0 Å². The highest BCUT2D eigenvalue weighted by atomic mass is 16.2. The van der Waals surface area contributed by atoms with E-state index >= 15 is 0 Å². The molecule has 1 N–H and O–H groups in total. The number of rotatable bonds is 6. The second-order valence-electron chi connectivity index (χ2n) is 7.33. The maximum absolute atomic E-state index is 12.4. The Kier molecular flexibility index (Phi) is 6.17. The number of aromatic nitrogens is 1. The minimum atomic E-state index is -0.228. The summed E-state index contributed by atoms with van der Waals surface area (Å²) in [7, 11) is 3.89. The number of benzene rings is 2. The Morgan fingerprint density at radius 1 is 1.10 bits per heavy atom. The minimum Gasteiger partial charge on any atom is -0.378 e. The van der Waals surface area contributed by atoms with Gasteiger partial charge in [0.1, 0.15) is 0 Å². The zero-order chi connectivity index (χ0) is 21.0. The molecule has 0 bridgehead atoms. The van der Waals surface area contributed by atoms with E-state index < -0.39 is 0 Å². The number of hydrogen-bond acceptors (Lipinski definition) is 3. The molecule has 1 amide bonds. The zero-order valence-corrected chi connectivity index (χ0v) is 17.7. The third-order valence-electron chi connectivity index (χ3n) is 5.07. The van der Waals surface area contributed by atoms with Crippen LogP contribution in [0.3, 0.4) is 0 Å². The topological polar surface area (TPSA) is 49.6 Å². The molecular formula is C24H28N4O. The molecule has 5 heteroatoms. The van der Waals surface area contributed by atoms with Crippen LogP contribution < -0.4 is 10.3 Å². The van der Waals surface area contributed by atoms with Crippen molar-refractivity contribution in [3.8, 4) is 5.69 Å². The van der Waals surface area contributed by atoms with Gasteiger partial charge < -0.3 is 9.47 Å². The summed E-state index contributed by atoms with van der Waals surface area (Å²) in [5.74, 6) is -0.228. The van der Waals surface area contributed by atoms with Crippen molar-refractivity contribution >= 4 is 17.8 Å². The van der Waals surface area contributed by atoms with E-state index in [1.165, 1.54) is 5.56 Å². The Bertz CT molecular complexity index is 1030. The summed E-state index contributed by atoms with van der Waals surface area (Å²) in [4.78, 5) is 14.4. The van der Waals surface area contributed by atoms with Crippen LogP contribution in [0.25, 0.3) is 5.69 Å². The predicted octanol–water partition coefficient (Wildman–Crippen LogP) is 4.49. The molecule has 1 aromatic heterocycles. The van der Waals surface area contributed by atoms with Gasteiger partial charge in [-0.3, -0.25) is 4.79 Å². The molecule has 2 aromatic carbocycles. The lowest BCUT2D eigenvalue weighted by Gasteiger charge is -2.12. The standard InChI is InChI=1S/C24H28N4O/c1-6-19-10-12-22(13-11-19)28-17(2)14-21(18(28)3)16-25-26-24(29)20-8-7-9-23(15-20)27(4)5/h7-16H,6H2,1-5H3,(H,26,29)/b25-16-. The summed E-state index contributed by atoms with van der Waals surface area (Å²) in [6.45, 7) is 6.29. The largest absolute Gasteiger partial charge is 0.378 e. The first-order valence-electron chi connectivity index (χ1n) is 9.79. The molecule has 0 aliphatic carbocycles. The lowest BCUT2D eigenvalue weighted by Crippen LogP contribution is -2.18. The van der Waals surface area contributed by atoms with Crippen molar-refractivity contribution in [2.45, 2.75) is 27.2 Å². The van der Waals surface area contributed by atoms with Gasteiger partial charge in [-0.25, -0.2) is 5.43 Å². The third kappa shape index (κ3) is 4.57. The van der Waals surface area contributed by atoms with Crippen molar-refractivity contribution in [1.29, 1.82) is 0 Å². The van der Waals surface area contributed by atoms with E-state index in [0.29, 0.717) is 5.56 Å². The van der Waals surface area contributed by atoms with Gasteiger partial charge in [0, 0.05) is 48.0 Å². The Morgan fingerprint density at radius 2 is 1.83 bits per heavy atom. The molecule has 3 rings (SSSR count). The Hall–Kier alpha value is -3.34. The van der Waals surface area contributed by atoms with Gasteiger partial charge in [0.05, 0.1) is 6.21 Å². The maximum atomic E-state index is 12.4. The lowest BCUT2D eigenvalue weighted by molar-refractivity contribution is 0.0955. The number of carbonyl (C=O) groups excluding carboxylic acids is 1. The highest BCUT2D eigenvalue weighted by molar-refractivity contribution is 5.95. The molecule has 29 heavy (non-hydrogen) atoms. The first-order valence-corrected chi connectivity index (χ1v) is 9.79. The molecule has 0 saturated heterocycles. The van der Waals surface area contributed by atoms with E-state index in [1.54, 1.807) is 12.3 Å². The second kappa shape index (κ2) is 8.78. The molecule has 3 aromatic rings. The second-order valence-corrected chi connectivity index (χ2v) is 7.33. The van der Waals surface area contributed by atoms with Crippen LogP contribution in [-0.4, -0.2) is 30.8 Å². The highest BCUT2D eigenvalue weighted by Gasteiger charge is 2.10. The maximum Gasteiger partial charge on any atom is 0.271 e. The van der Waals surface area contributed by atoms with Crippen LogP contribution >= 0.6 is 0 Å². The number of aryl methyl sites for hydroxylation is 2. The number of nitrogens with one attached hydrogen (secondary N) is 1. The van der Waals surface area contributed by atoms with Crippen molar-refractivity contribution in [3.63, 3.8) is 0 Å². The first-order chi connectivity index (χ1) is 13.9. The molecule has 0 aliphatic heterocycles. The number of hydrazone groups is 1. The van der Waals surface area contributed by atoms with Gasteiger partial charge in [-0.2, -0.15) is 5.10 Å². The van der Waals surface area contributed by atoms with Crippen molar-refractivity contribution in [1.82, 2.24) is 9.99 Å². The third-order valence-corrected chi connectivity index (χ3v) is 5.07. The molecule has 0 unspecified atom stereocenters. The van der Waals surface area contributed by atoms with Gasteiger partial charge in [-0.1, -0.05) is 25.1 Å². The van der Waals surface area contributed by atoms with Crippen molar-refractivity contribution in [2.24, 2.45) is 5.10 Å². The van der Waals surface area contributed by atoms with E-state index in [-0.39, 0.29) is 5.91 Å². The lowest BCUT2D eigenvalue weighted by atomic mass is 10.1. The van der Waals surface area contributed by atoms with Crippen LogP contribution in [0.4, 0.5) is 5.69 Å². The molecule has 0 spiro atoms. The van der Waals surface area contributed by atoms with E-state index in [0.717, 1.165) is 34.7 Å². The van der Waals surface area contributed by atoms with Crippen molar-refractivity contribution in [3.05, 3.63) is 82.7 Å². The predicted molar refractivity (Wildman–Crippen MR) is 120 cm³/mol. The van der Waals surface area contributed by atoms with Gasteiger partial charge in [0.25, 0.3) is 5.91 Å². The average molecular weight is 389 g/mol. The van der Waals surface area contributed by atoms with E-state index in [4.69, 9.17) is 0 Å². The van der Waals surface area contributed by atoms with Crippen molar-refractivity contribution < 1.29 is 4.79 Å². The summed E-state index contributed by atoms with van der Waals surface area (Å²) in [5, 5.41) is 4.18. The SMILES string of the molecule is CCc1ccc(-n2c(C)cc(/C=N\NC(=O)c3cccc(N(C)C)c3)c2C)cc1. The summed E-state index contributed by atoms with van der Waals surface area (Å²) in [6.07, 6.45) is 2.73. The molecule has 0 aliphatic rings. The monoisotopic (exact) mass is 388 g/mol. The average Bonchev–Trinajstić information content (AvgIpc) is 3.01. The zero-order valence-electron chi connectivity index (χ0n) is 17.7. The number of amides is 1. The summed E-state index contributed by atoms with van der Waals surface area (Å²) in [6, 6.07) is 18.1. The molecular weight excluding hydrogens is 360 g/mol. The Labute approximate surface area is 172 Å². The number of hydrogen-bond donors (Lipinski definition) is 1. The van der Waals surface area contributed by atoms with Crippen LogP contribution in [0.1, 0.15) is 39.8 Å². The van der Waals surface area contributed by atoms with Gasteiger partial charge in [0.15, 0.2) is 0 Å². The molecule has 0 saturated carbocycles. The van der Waals surface area contributed by atoms with E-state index in [1.807, 2.05) is 37.2 Å². The van der Waals surface area contributed by atoms with Crippen LogP contribution in [0.2, 0.25) is 0 Å². The summed E-state index contributed by atoms with van der Waals surface area (Å²) >= 11 is 0. The van der Waals surface area contributed by atoms with Crippen molar-refractivity contribution in [2.75, 3.05) is 19.0 Å². The summed E-state index contributed by atoms with van der Waals surface area (Å²) < 4.78 is 2.20. The van der Waals surface area contributed by atoms with E-state index in [2.05, 4.69) is 66.2 Å². The normalized spacial score (nSPS) is 11.1. The van der Waals surface area contributed by atoms with Gasteiger partial charge in [-0.05, 0) is 62.2 Å². The molecule has 0 atom stereocenters. The highest BCUT2D eigenvalue weighted by Crippen LogP contribution is 2.20. The Balaban J connectivity index is 1.76.